The Labute approximate surface area is 70.6 Å². The first-order valence-corrected chi connectivity index (χ1v) is 4.95. The summed E-state index contributed by atoms with van der Waals surface area (Å²) in [6.45, 7) is 4.72. The quantitative estimate of drug-likeness (QED) is 0.645. The highest BCUT2D eigenvalue weighted by Gasteiger charge is 2.24. The van der Waals surface area contributed by atoms with Gasteiger partial charge in [0.1, 0.15) is 0 Å². The van der Waals surface area contributed by atoms with Crippen molar-refractivity contribution in [1.82, 2.24) is 5.32 Å². The van der Waals surface area contributed by atoms with Crippen molar-refractivity contribution in [3.8, 4) is 0 Å². The molecule has 0 bridgehead atoms. The molecule has 0 radical (unpaired) electrons. The zero-order valence-electron chi connectivity index (χ0n) is 8.06. The van der Waals surface area contributed by atoms with Crippen molar-refractivity contribution in [2.45, 2.75) is 45.6 Å². The fourth-order valence-electron chi connectivity index (χ4n) is 2.25. The van der Waals surface area contributed by atoms with Crippen molar-refractivity contribution in [1.29, 1.82) is 0 Å². The predicted octanol–water partition coefficient (Wildman–Crippen LogP) is 2.42. The molecule has 1 rings (SSSR count). The fourth-order valence-corrected chi connectivity index (χ4v) is 2.25. The summed E-state index contributed by atoms with van der Waals surface area (Å²) >= 11 is 0. The molecule has 1 heteroatoms. The first-order chi connectivity index (χ1) is 5.27. The summed E-state index contributed by atoms with van der Waals surface area (Å²) in [6, 6.07) is 0.802. The van der Waals surface area contributed by atoms with Gasteiger partial charge in [-0.05, 0) is 38.1 Å². The highest BCUT2D eigenvalue weighted by Crippen LogP contribution is 2.31. The molecule has 0 aromatic rings. The van der Waals surface area contributed by atoms with Crippen LogP contribution in [0, 0.1) is 11.8 Å². The molecule has 1 nitrogen and oxygen atoms in total. The first-order valence-electron chi connectivity index (χ1n) is 4.95. The van der Waals surface area contributed by atoms with Gasteiger partial charge in [0.05, 0.1) is 0 Å². The van der Waals surface area contributed by atoms with Gasteiger partial charge in [0.15, 0.2) is 0 Å². The molecule has 0 heterocycles. The van der Waals surface area contributed by atoms with Crippen LogP contribution in [0.1, 0.15) is 39.5 Å². The second kappa shape index (κ2) is 4.10. The Morgan fingerprint density at radius 3 is 2.64 bits per heavy atom. The lowest BCUT2D eigenvalue weighted by molar-refractivity contribution is 0.211. The smallest absolute Gasteiger partial charge is 0.00669 e. The zero-order valence-corrected chi connectivity index (χ0v) is 8.06. The molecule has 1 saturated carbocycles. The molecular weight excluding hydrogens is 134 g/mol. The van der Waals surface area contributed by atoms with Crippen LogP contribution in [0.15, 0.2) is 0 Å². The van der Waals surface area contributed by atoms with E-state index in [0.717, 1.165) is 17.9 Å². The third-order valence-corrected chi connectivity index (χ3v) is 3.30. The van der Waals surface area contributed by atoms with Crippen molar-refractivity contribution >= 4 is 0 Å². The molecular formula is C10H21N. The summed E-state index contributed by atoms with van der Waals surface area (Å²) in [5.74, 6) is 1.94. The number of hydrogen-bond acceptors (Lipinski definition) is 1. The van der Waals surface area contributed by atoms with Gasteiger partial charge in [-0.2, -0.15) is 0 Å². The van der Waals surface area contributed by atoms with E-state index in [2.05, 4.69) is 26.2 Å². The lowest BCUT2D eigenvalue weighted by Crippen LogP contribution is -2.34. The molecule has 0 saturated heterocycles. The number of rotatable bonds is 2. The maximum Gasteiger partial charge on any atom is 0.00669 e. The molecule has 1 N–H and O–H groups in total. The van der Waals surface area contributed by atoms with E-state index in [4.69, 9.17) is 0 Å². The normalized spacial score (nSPS) is 39.0. The van der Waals surface area contributed by atoms with Crippen LogP contribution in [0.4, 0.5) is 0 Å². The summed E-state index contributed by atoms with van der Waals surface area (Å²) < 4.78 is 0. The van der Waals surface area contributed by atoms with Gasteiger partial charge in [-0.25, -0.2) is 0 Å². The Balaban J connectivity index is 2.37. The Bertz CT molecular complexity index is 111. The SMILES string of the molecule is CCC1CC(NC)CCC1C. The average molecular weight is 155 g/mol. The minimum Gasteiger partial charge on any atom is -0.317 e. The Hall–Kier alpha value is -0.0400. The Morgan fingerprint density at radius 1 is 1.36 bits per heavy atom. The van der Waals surface area contributed by atoms with E-state index in [9.17, 15) is 0 Å². The third-order valence-electron chi connectivity index (χ3n) is 3.30. The van der Waals surface area contributed by atoms with Crippen molar-refractivity contribution in [3.05, 3.63) is 0 Å². The van der Waals surface area contributed by atoms with E-state index in [1.807, 2.05) is 0 Å². The van der Waals surface area contributed by atoms with E-state index in [1.165, 1.54) is 25.7 Å². The molecule has 1 aliphatic carbocycles. The molecule has 0 aromatic heterocycles. The van der Waals surface area contributed by atoms with Crippen LogP contribution in [0.5, 0.6) is 0 Å². The van der Waals surface area contributed by atoms with Crippen molar-refractivity contribution < 1.29 is 0 Å². The molecule has 3 unspecified atom stereocenters. The lowest BCUT2D eigenvalue weighted by atomic mass is 9.77. The minimum atomic E-state index is 0.802. The standard InChI is InChI=1S/C10H21N/c1-4-9-7-10(11-3)6-5-8(9)2/h8-11H,4-7H2,1-3H3. The molecule has 1 aliphatic rings. The summed E-state index contributed by atoms with van der Waals surface area (Å²) in [4.78, 5) is 0. The third kappa shape index (κ3) is 2.19. The van der Waals surface area contributed by atoms with Gasteiger partial charge in [-0.1, -0.05) is 20.3 Å². The van der Waals surface area contributed by atoms with E-state index < -0.39 is 0 Å². The van der Waals surface area contributed by atoms with Crippen LogP contribution in [0.3, 0.4) is 0 Å². The van der Waals surface area contributed by atoms with Gasteiger partial charge in [0.2, 0.25) is 0 Å². The molecule has 0 aliphatic heterocycles. The fraction of sp³-hybridized carbons (Fsp3) is 1.00. The molecule has 0 amide bonds. The monoisotopic (exact) mass is 155 g/mol. The van der Waals surface area contributed by atoms with E-state index >= 15 is 0 Å². The number of nitrogens with one attached hydrogen (secondary N) is 1. The van der Waals surface area contributed by atoms with Gasteiger partial charge in [0, 0.05) is 6.04 Å². The maximum atomic E-state index is 3.39. The number of hydrogen-bond donors (Lipinski definition) is 1. The van der Waals surface area contributed by atoms with E-state index in [0.29, 0.717) is 0 Å². The highest BCUT2D eigenvalue weighted by molar-refractivity contribution is 4.80. The second-order valence-corrected chi connectivity index (χ2v) is 3.94. The van der Waals surface area contributed by atoms with E-state index in [-0.39, 0.29) is 0 Å². The molecule has 0 spiro atoms. The molecule has 66 valence electrons. The zero-order chi connectivity index (χ0) is 8.27. The van der Waals surface area contributed by atoms with Crippen LogP contribution < -0.4 is 5.32 Å². The summed E-state index contributed by atoms with van der Waals surface area (Å²) in [6.07, 6.45) is 5.56. The van der Waals surface area contributed by atoms with Crippen LogP contribution >= 0.6 is 0 Å². The van der Waals surface area contributed by atoms with Gasteiger partial charge in [-0.3, -0.25) is 0 Å². The average Bonchev–Trinajstić information content (AvgIpc) is 2.05. The Kier molecular flexibility index (Phi) is 3.38. The largest absolute Gasteiger partial charge is 0.317 e. The molecule has 11 heavy (non-hydrogen) atoms. The van der Waals surface area contributed by atoms with Crippen LogP contribution in [0.2, 0.25) is 0 Å². The van der Waals surface area contributed by atoms with Gasteiger partial charge in [-0.15, -0.1) is 0 Å². The molecule has 3 atom stereocenters. The van der Waals surface area contributed by atoms with Gasteiger partial charge in [0.25, 0.3) is 0 Å². The molecule has 0 aromatic carbocycles. The van der Waals surface area contributed by atoms with Crippen molar-refractivity contribution in [2.75, 3.05) is 7.05 Å². The minimum absolute atomic E-state index is 0.802. The van der Waals surface area contributed by atoms with Crippen molar-refractivity contribution in [2.24, 2.45) is 11.8 Å². The molecule has 1 fully saturated rings. The van der Waals surface area contributed by atoms with E-state index in [1.54, 1.807) is 0 Å². The summed E-state index contributed by atoms with van der Waals surface area (Å²) in [7, 11) is 2.09. The lowest BCUT2D eigenvalue weighted by Gasteiger charge is -2.33. The maximum absolute atomic E-state index is 3.39. The van der Waals surface area contributed by atoms with Crippen LogP contribution in [0.25, 0.3) is 0 Å². The summed E-state index contributed by atoms with van der Waals surface area (Å²) in [5.41, 5.74) is 0. The Morgan fingerprint density at radius 2 is 2.09 bits per heavy atom. The topological polar surface area (TPSA) is 12.0 Å². The highest BCUT2D eigenvalue weighted by atomic mass is 14.9. The van der Waals surface area contributed by atoms with Gasteiger partial charge >= 0.3 is 0 Å². The van der Waals surface area contributed by atoms with Crippen LogP contribution in [-0.2, 0) is 0 Å². The van der Waals surface area contributed by atoms with Crippen molar-refractivity contribution in [3.63, 3.8) is 0 Å². The van der Waals surface area contributed by atoms with Crippen LogP contribution in [-0.4, -0.2) is 13.1 Å². The second-order valence-electron chi connectivity index (χ2n) is 3.94. The predicted molar refractivity (Wildman–Crippen MR) is 49.6 cm³/mol. The first kappa shape index (κ1) is 9.05. The summed E-state index contributed by atoms with van der Waals surface area (Å²) in [5, 5.41) is 3.39. The van der Waals surface area contributed by atoms with Gasteiger partial charge < -0.3 is 5.32 Å².